The number of benzene rings is 8. The van der Waals surface area contributed by atoms with Gasteiger partial charge in [0.05, 0.1) is 22.1 Å². The molecule has 0 N–H and O–H groups in total. The molecule has 0 fully saturated rings. The van der Waals surface area contributed by atoms with E-state index in [0.29, 0.717) is 0 Å². The van der Waals surface area contributed by atoms with Gasteiger partial charge >= 0.3 is 0 Å². The molecule has 3 nitrogen and oxygen atoms in total. The van der Waals surface area contributed by atoms with Crippen LogP contribution in [0.2, 0.25) is 0 Å². The van der Waals surface area contributed by atoms with Crippen molar-refractivity contribution in [2.75, 3.05) is 0 Å². The minimum atomic E-state index is 0.944. The van der Waals surface area contributed by atoms with Crippen LogP contribution in [0.15, 0.2) is 164 Å². The summed E-state index contributed by atoms with van der Waals surface area (Å²) < 4.78 is 4.71. The van der Waals surface area contributed by atoms with Crippen molar-refractivity contribution < 1.29 is 0 Å². The maximum Gasteiger partial charge on any atom is 0.145 e. The molecule has 0 saturated carbocycles. The molecule has 214 valence electrons. The predicted molar refractivity (Wildman–Crippen MR) is 193 cm³/mol. The number of nitrogens with zero attached hydrogens (tertiary/aromatic N) is 3. The average Bonchev–Trinajstić information content (AvgIpc) is 3.69. The van der Waals surface area contributed by atoms with Crippen LogP contribution in [0.5, 0.6) is 0 Å². The molecule has 3 heteroatoms. The van der Waals surface area contributed by atoms with Gasteiger partial charge in [-0.2, -0.15) is 0 Å². The lowest BCUT2D eigenvalue weighted by Crippen LogP contribution is -1.97. The second-order valence-corrected chi connectivity index (χ2v) is 11.9. The Kier molecular flexibility index (Phi) is 5.28. The number of fused-ring (bicyclic) bond motifs is 12. The zero-order valence-corrected chi connectivity index (χ0v) is 24.9. The molecule has 46 heavy (non-hydrogen) atoms. The van der Waals surface area contributed by atoms with Crippen LogP contribution in [0.3, 0.4) is 0 Å². The highest BCUT2D eigenvalue weighted by atomic mass is 15.1. The van der Waals surface area contributed by atoms with Gasteiger partial charge in [-0.25, -0.2) is 4.98 Å². The molecule has 0 bridgehead atoms. The molecule has 0 saturated heterocycles. The van der Waals surface area contributed by atoms with Gasteiger partial charge in [0.2, 0.25) is 0 Å². The average molecular weight is 586 g/mol. The highest BCUT2D eigenvalue weighted by Gasteiger charge is 2.22. The highest BCUT2D eigenvalue weighted by Crippen LogP contribution is 2.45. The topological polar surface area (TPSA) is 22.8 Å². The lowest BCUT2D eigenvalue weighted by Gasteiger charge is -2.14. The monoisotopic (exact) mass is 585 g/mol. The summed E-state index contributed by atoms with van der Waals surface area (Å²) in [5.74, 6) is 0.944. The largest absolute Gasteiger partial charge is 0.309 e. The molecule has 10 aromatic rings. The van der Waals surface area contributed by atoms with Crippen molar-refractivity contribution in [1.82, 2.24) is 14.1 Å². The summed E-state index contributed by atoms with van der Waals surface area (Å²) in [6.07, 6.45) is 0. The van der Waals surface area contributed by atoms with Crippen LogP contribution in [-0.2, 0) is 0 Å². The van der Waals surface area contributed by atoms with E-state index in [-0.39, 0.29) is 0 Å². The van der Waals surface area contributed by atoms with Crippen molar-refractivity contribution in [3.63, 3.8) is 0 Å². The Bertz CT molecular complexity index is 2750. The fraction of sp³-hybridized carbons (Fsp3) is 0. The van der Waals surface area contributed by atoms with Crippen LogP contribution in [0.25, 0.3) is 87.9 Å². The van der Waals surface area contributed by atoms with Crippen molar-refractivity contribution in [2.45, 2.75) is 0 Å². The van der Waals surface area contributed by atoms with Crippen LogP contribution in [0, 0.1) is 0 Å². The van der Waals surface area contributed by atoms with E-state index < -0.39 is 0 Å². The predicted octanol–water partition coefficient (Wildman–Crippen LogP) is 11.2. The molecule has 0 atom stereocenters. The number of hydrogen-bond acceptors (Lipinski definition) is 1. The Hall–Kier alpha value is -6.19. The molecule has 8 aromatic carbocycles. The smallest absolute Gasteiger partial charge is 0.145 e. The lowest BCUT2D eigenvalue weighted by molar-refractivity contribution is 1.10. The molecule has 0 aliphatic heterocycles. The minimum absolute atomic E-state index is 0.944. The van der Waals surface area contributed by atoms with E-state index in [1.807, 2.05) is 0 Å². The molecule has 0 spiro atoms. The summed E-state index contributed by atoms with van der Waals surface area (Å²) in [5.41, 5.74) is 7.91. The second kappa shape index (κ2) is 9.65. The van der Waals surface area contributed by atoms with E-state index in [4.69, 9.17) is 4.98 Å². The third kappa shape index (κ3) is 3.45. The highest BCUT2D eigenvalue weighted by molar-refractivity contribution is 6.37. The summed E-state index contributed by atoms with van der Waals surface area (Å²) in [6.45, 7) is 0. The van der Waals surface area contributed by atoms with E-state index in [2.05, 4.69) is 173 Å². The lowest BCUT2D eigenvalue weighted by atomic mass is 9.91. The summed E-state index contributed by atoms with van der Waals surface area (Å²) in [6, 6.07) is 58.7. The van der Waals surface area contributed by atoms with Gasteiger partial charge in [0.1, 0.15) is 5.82 Å². The number of rotatable bonds is 3. The molecule has 0 aliphatic carbocycles. The van der Waals surface area contributed by atoms with Crippen LogP contribution < -0.4 is 0 Å². The van der Waals surface area contributed by atoms with Gasteiger partial charge in [0.15, 0.2) is 0 Å². The van der Waals surface area contributed by atoms with Crippen molar-refractivity contribution in [3.05, 3.63) is 164 Å². The van der Waals surface area contributed by atoms with Crippen LogP contribution in [-0.4, -0.2) is 14.1 Å². The maximum atomic E-state index is 5.46. The molecule has 2 aromatic heterocycles. The fourth-order valence-electron chi connectivity index (χ4n) is 7.60. The maximum absolute atomic E-state index is 5.46. The Labute approximate surface area is 265 Å². The van der Waals surface area contributed by atoms with Gasteiger partial charge in [0.25, 0.3) is 0 Å². The Morgan fingerprint density at radius 2 is 0.826 bits per heavy atom. The molecule has 0 unspecified atom stereocenters. The molecule has 0 amide bonds. The van der Waals surface area contributed by atoms with Gasteiger partial charge in [-0.05, 0) is 64.0 Å². The van der Waals surface area contributed by atoms with Gasteiger partial charge < -0.3 is 4.57 Å². The molecule has 0 radical (unpaired) electrons. The molecule has 2 heterocycles. The van der Waals surface area contributed by atoms with Gasteiger partial charge in [-0.15, -0.1) is 0 Å². The van der Waals surface area contributed by atoms with Crippen molar-refractivity contribution in [2.24, 2.45) is 0 Å². The zero-order chi connectivity index (χ0) is 30.2. The van der Waals surface area contributed by atoms with E-state index in [1.165, 1.54) is 59.8 Å². The minimum Gasteiger partial charge on any atom is -0.309 e. The third-order valence-electron chi connectivity index (χ3n) is 9.48. The number of imidazole rings is 1. The van der Waals surface area contributed by atoms with Crippen molar-refractivity contribution in [1.29, 1.82) is 0 Å². The molecular formula is C43H27N3. The number of para-hydroxylation sites is 3. The number of aromatic nitrogens is 3. The van der Waals surface area contributed by atoms with Crippen molar-refractivity contribution >= 4 is 65.2 Å². The van der Waals surface area contributed by atoms with Crippen molar-refractivity contribution in [3.8, 4) is 22.8 Å². The standard InChI is InChI=1S/C43H27N3/c1-4-14-28(15-5-1)43-44-42-38(46(43)30-18-8-3-9-19-30)27-25-34-33-24-26-37-41(39(33)31-20-10-11-21-32(31)40(34)42)35-22-12-13-23-36(35)45(37)29-16-6-2-7-17-29/h1-27H. The fourth-order valence-corrected chi connectivity index (χ4v) is 7.60. The quantitative estimate of drug-likeness (QED) is 0.189. The Morgan fingerprint density at radius 3 is 1.52 bits per heavy atom. The molecular weight excluding hydrogens is 558 g/mol. The van der Waals surface area contributed by atoms with E-state index in [9.17, 15) is 0 Å². The first kappa shape index (κ1) is 25.2. The van der Waals surface area contributed by atoms with Crippen LogP contribution in [0.4, 0.5) is 0 Å². The van der Waals surface area contributed by atoms with Crippen LogP contribution >= 0.6 is 0 Å². The van der Waals surface area contributed by atoms with E-state index in [0.717, 1.165) is 28.1 Å². The van der Waals surface area contributed by atoms with Gasteiger partial charge in [0, 0.05) is 38.5 Å². The zero-order valence-electron chi connectivity index (χ0n) is 24.9. The summed E-state index contributed by atoms with van der Waals surface area (Å²) in [4.78, 5) is 5.46. The SMILES string of the molecule is c1ccc(-c2nc3c4c5ccccc5c5c(ccc6c5c5ccccc5n6-c5ccccc5)c4ccc3n2-c2ccccc2)cc1. The molecule has 10 rings (SSSR count). The summed E-state index contributed by atoms with van der Waals surface area (Å²) >= 11 is 0. The first-order chi connectivity index (χ1) is 22.9. The Balaban J connectivity index is 1.40. The van der Waals surface area contributed by atoms with Gasteiger partial charge in [-0.3, -0.25) is 4.57 Å². The van der Waals surface area contributed by atoms with Gasteiger partial charge in [-0.1, -0.05) is 121 Å². The summed E-state index contributed by atoms with van der Waals surface area (Å²) in [7, 11) is 0. The van der Waals surface area contributed by atoms with E-state index >= 15 is 0 Å². The van der Waals surface area contributed by atoms with Crippen LogP contribution in [0.1, 0.15) is 0 Å². The first-order valence-electron chi connectivity index (χ1n) is 15.7. The normalized spacial score (nSPS) is 11.9. The third-order valence-corrected chi connectivity index (χ3v) is 9.48. The Morgan fingerprint density at radius 1 is 0.326 bits per heavy atom. The second-order valence-electron chi connectivity index (χ2n) is 11.9. The molecule has 0 aliphatic rings. The summed E-state index contributed by atoms with van der Waals surface area (Å²) in [5, 5.41) is 9.96. The first-order valence-corrected chi connectivity index (χ1v) is 15.7. The van der Waals surface area contributed by atoms with E-state index in [1.54, 1.807) is 0 Å². The number of hydrogen-bond donors (Lipinski definition) is 0.